The average molecular weight is 301 g/mol. The first-order valence-corrected chi connectivity index (χ1v) is 8.34. The second-order valence-corrected chi connectivity index (χ2v) is 7.33. The molecule has 0 spiro atoms. The Balaban J connectivity index is 2.22. The van der Waals surface area contributed by atoms with Gasteiger partial charge in [-0.3, -0.25) is 0 Å². The minimum Gasteiger partial charge on any atom is -0.382 e. The van der Waals surface area contributed by atoms with E-state index in [1.165, 1.54) is 12.8 Å². The highest BCUT2D eigenvalue weighted by atomic mass is 16.5. The smallest absolute Gasteiger partial charge is 0.0804 e. The van der Waals surface area contributed by atoms with Crippen LogP contribution in [0, 0.1) is 11.3 Å². The van der Waals surface area contributed by atoms with E-state index >= 15 is 0 Å². The minimum absolute atomic E-state index is 0.0890. The van der Waals surface area contributed by atoms with Gasteiger partial charge in [-0.25, -0.2) is 0 Å². The van der Waals surface area contributed by atoms with E-state index in [4.69, 9.17) is 19.9 Å². The number of methoxy groups -OCH3 is 1. The van der Waals surface area contributed by atoms with E-state index in [1.807, 2.05) is 0 Å². The molecule has 1 rings (SSSR count). The van der Waals surface area contributed by atoms with E-state index < -0.39 is 0 Å². The van der Waals surface area contributed by atoms with Crippen LogP contribution in [-0.4, -0.2) is 45.7 Å². The standard InChI is InChI=1S/C17H35NO3/c1-16(2,3)15-6-8-17(14-18,9-7-15)21-11-5-10-20-13-12-19-4/h15H,5-14,18H2,1-4H3. The van der Waals surface area contributed by atoms with Crippen molar-refractivity contribution in [2.45, 2.75) is 58.5 Å². The van der Waals surface area contributed by atoms with Gasteiger partial charge in [-0.2, -0.15) is 0 Å². The predicted molar refractivity (Wildman–Crippen MR) is 86.5 cm³/mol. The monoisotopic (exact) mass is 301 g/mol. The van der Waals surface area contributed by atoms with Gasteiger partial charge in [0.1, 0.15) is 0 Å². The summed E-state index contributed by atoms with van der Waals surface area (Å²) in [5, 5.41) is 0. The molecule has 1 fully saturated rings. The van der Waals surface area contributed by atoms with Crippen molar-refractivity contribution >= 4 is 0 Å². The van der Waals surface area contributed by atoms with E-state index in [-0.39, 0.29) is 5.60 Å². The maximum absolute atomic E-state index is 6.15. The summed E-state index contributed by atoms with van der Waals surface area (Å²) in [6.45, 7) is 10.4. The normalized spacial score (nSPS) is 27.0. The summed E-state index contributed by atoms with van der Waals surface area (Å²) in [7, 11) is 1.69. The van der Waals surface area contributed by atoms with E-state index in [2.05, 4.69) is 20.8 Å². The molecule has 0 amide bonds. The zero-order valence-corrected chi connectivity index (χ0v) is 14.5. The Morgan fingerprint density at radius 2 is 1.71 bits per heavy atom. The highest BCUT2D eigenvalue weighted by Gasteiger charge is 2.38. The van der Waals surface area contributed by atoms with Crippen molar-refractivity contribution < 1.29 is 14.2 Å². The summed E-state index contributed by atoms with van der Waals surface area (Å²) in [5.74, 6) is 0.790. The molecular weight excluding hydrogens is 266 g/mol. The molecule has 1 saturated carbocycles. The van der Waals surface area contributed by atoms with Crippen LogP contribution in [0.25, 0.3) is 0 Å². The quantitative estimate of drug-likeness (QED) is 0.665. The molecule has 0 unspecified atom stereocenters. The summed E-state index contributed by atoms with van der Waals surface area (Å²) in [6, 6.07) is 0. The van der Waals surface area contributed by atoms with Crippen molar-refractivity contribution in [2.75, 3.05) is 40.1 Å². The molecular formula is C17H35NO3. The maximum Gasteiger partial charge on any atom is 0.0804 e. The highest BCUT2D eigenvalue weighted by Crippen LogP contribution is 2.42. The van der Waals surface area contributed by atoms with Crippen LogP contribution in [0.4, 0.5) is 0 Å². The van der Waals surface area contributed by atoms with Crippen LogP contribution in [0.5, 0.6) is 0 Å². The molecule has 0 atom stereocenters. The SMILES string of the molecule is COCCOCCCOC1(CN)CCC(C(C)(C)C)CC1. The van der Waals surface area contributed by atoms with Gasteiger partial charge in [0.15, 0.2) is 0 Å². The number of hydrogen-bond acceptors (Lipinski definition) is 4. The van der Waals surface area contributed by atoms with Gasteiger partial charge in [0, 0.05) is 26.9 Å². The molecule has 21 heavy (non-hydrogen) atoms. The van der Waals surface area contributed by atoms with Crippen molar-refractivity contribution in [1.29, 1.82) is 0 Å². The molecule has 4 nitrogen and oxygen atoms in total. The summed E-state index contributed by atoms with van der Waals surface area (Å²) < 4.78 is 16.5. The largest absolute Gasteiger partial charge is 0.382 e. The second kappa shape index (κ2) is 9.09. The summed E-state index contributed by atoms with van der Waals surface area (Å²) in [5.41, 5.74) is 6.31. The summed E-state index contributed by atoms with van der Waals surface area (Å²) in [4.78, 5) is 0. The van der Waals surface area contributed by atoms with Crippen molar-refractivity contribution in [3.05, 3.63) is 0 Å². The van der Waals surface area contributed by atoms with E-state index in [9.17, 15) is 0 Å². The molecule has 0 heterocycles. The Morgan fingerprint density at radius 3 is 2.24 bits per heavy atom. The van der Waals surface area contributed by atoms with Crippen molar-refractivity contribution in [2.24, 2.45) is 17.1 Å². The molecule has 0 aromatic carbocycles. The summed E-state index contributed by atoms with van der Waals surface area (Å²) >= 11 is 0. The lowest BCUT2D eigenvalue weighted by Gasteiger charge is -2.43. The van der Waals surface area contributed by atoms with E-state index in [0.29, 0.717) is 25.2 Å². The van der Waals surface area contributed by atoms with Crippen LogP contribution in [0.15, 0.2) is 0 Å². The van der Waals surface area contributed by atoms with Gasteiger partial charge in [-0.15, -0.1) is 0 Å². The zero-order valence-electron chi connectivity index (χ0n) is 14.5. The van der Waals surface area contributed by atoms with Crippen LogP contribution in [0.3, 0.4) is 0 Å². The first-order chi connectivity index (χ1) is 9.93. The van der Waals surface area contributed by atoms with Gasteiger partial charge in [0.2, 0.25) is 0 Å². The maximum atomic E-state index is 6.15. The first-order valence-electron chi connectivity index (χ1n) is 8.34. The molecule has 1 aliphatic rings. The van der Waals surface area contributed by atoms with Gasteiger partial charge in [-0.1, -0.05) is 20.8 Å². The Kier molecular flexibility index (Phi) is 8.17. The zero-order chi connectivity index (χ0) is 15.8. The third-order valence-electron chi connectivity index (χ3n) is 4.77. The fraction of sp³-hybridized carbons (Fsp3) is 1.00. The van der Waals surface area contributed by atoms with Crippen LogP contribution in [0.1, 0.15) is 52.9 Å². The predicted octanol–water partition coefficient (Wildman–Crippen LogP) is 2.99. The Morgan fingerprint density at radius 1 is 1.05 bits per heavy atom. The van der Waals surface area contributed by atoms with Gasteiger partial charge in [0.25, 0.3) is 0 Å². The highest BCUT2D eigenvalue weighted by molar-refractivity contribution is 4.91. The van der Waals surface area contributed by atoms with Crippen LogP contribution < -0.4 is 5.73 Å². The number of rotatable bonds is 9. The topological polar surface area (TPSA) is 53.7 Å². The number of hydrogen-bond donors (Lipinski definition) is 1. The van der Waals surface area contributed by atoms with Crippen LogP contribution >= 0.6 is 0 Å². The Bertz CT molecular complexity index is 268. The molecule has 126 valence electrons. The first kappa shape index (κ1) is 18.9. The third-order valence-corrected chi connectivity index (χ3v) is 4.77. The lowest BCUT2D eigenvalue weighted by Crippen LogP contribution is -2.45. The van der Waals surface area contributed by atoms with Gasteiger partial charge in [-0.05, 0) is 43.4 Å². The number of nitrogens with two attached hydrogens (primary N) is 1. The lowest BCUT2D eigenvalue weighted by molar-refractivity contribution is -0.0846. The van der Waals surface area contributed by atoms with Crippen LogP contribution in [0.2, 0.25) is 0 Å². The van der Waals surface area contributed by atoms with Crippen LogP contribution in [-0.2, 0) is 14.2 Å². The molecule has 0 aliphatic heterocycles. The molecule has 0 saturated heterocycles. The molecule has 4 heteroatoms. The number of ether oxygens (including phenoxy) is 3. The van der Waals surface area contributed by atoms with Gasteiger partial charge in [0.05, 0.1) is 18.8 Å². The molecule has 0 aromatic rings. The fourth-order valence-corrected chi connectivity index (χ4v) is 3.11. The van der Waals surface area contributed by atoms with Crippen molar-refractivity contribution in [3.63, 3.8) is 0 Å². The van der Waals surface area contributed by atoms with E-state index in [0.717, 1.165) is 38.4 Å². The molecule has 0 bridgehead atoms. The molecule has 0 aromatic heterocycles. The van der Waals surface area contributed by atoms with Crippen molar-refractivity contribution in [1.82, 2.24) is 0 Å². The third kappa shape index (κ3) is 6.64. The second-order valence-electron chi connectivity index (χ2n) is 7.33. The molecule has 2 N–H and O–H groups in total. The Labute approximate surface area is 130 Å². The van der Waals surface area contributed by atoms with Gasteiger partial charge >= 0.3 is 0 Å². The van der Waals surface area contributed by atoms with Gasteiger partial charge < -0.3 is 19.9 Å². The summed E-state index contributed by atoms with van der Waals surface area (Å²) in [6.07, 6.45) is 5.57. The fourth-order valence-electron chi connectivity index (χ4n) is 3.11. The minimum atomic E-state index is -0.0890. The average Bonchev–Trinajstić information content (AvgIpc) is 2.46. The Hall–Kier alpha value is -0.160. The lowest BCUT2D eigenvalue weighted by atomic mass is 9.68. The molecule has 1 aliphatic carbocycles. The van der Waals surface area contributed by atoms with Crippen molar-refractivity contribution in [3.8, 4) is 0 Å². The molecule has 0 radical (unpaired) electrons. The van der Waals surface area contributed by atoms with E-state index in [1.54, 1.807) is 7.11 Å².